The van der Waals surface area contributed by atoms with Crippen molar-refractivity contribution in [1.82, 2.24) is 10.6 Å². The van der Waals surface area contributed by atoms with Crippen molar-refractivity contribution in [1.29, 1.82) is 0 Å². The molecule has 0 aliphatic carbocycles. The summed E-state index contributed by atoms with van der Waals surface area (Å²) in [4.78, 5) is 23.4. The molecule has 0 saturated heterocycles. The van der Waals surface area contributed by atoms with Crippen LogP contribution in [-0.4, -0.2) is 59.9 Å². The Balaban J connectivity index is 3.66. The summed E-state index contributed by atoms with van der Waals surface area (Å²) in [5, 5.41) is 24.1. The molecule has 0 bridgehead atoms. The van der Waals surface area contributed by atoms with Crippen molar-refractivity contribution in [3.8, 4) is 0 Å². The zero-order valence-electron chi connectivity index (χ0n) is 17.9. The number of aliphatic hydroxyl groups excluding tert-OH is 2. The van der Waals surface area contributed by atoms with E-state index in [4.69, 9.17) is 9.47 Å². The topological polar surface area (TPSA) is 117 Å². The van der Waals surface area contributed by atoms with Gasteiger partial charge in [-0.25, -0.2) is 9.59 Å². The third-order valence-electron chi connectivity index (χ3n) is 4.31. The largest absolute Gasteiger partial charge is 0.446 e. The van der Waals surface area contributed by atoms with Crippen LogP contribution in [0.3, 0.4) is 0 Å². The maximum absolute atomic E-state index is 11.7. The first kappa shape index (κ1) is 26.5. The van der Waals surface area contributed by atoms with Crippen molar-refractivity contribution in [2.45, 2.75) is 103 Å². The first-order valence-corrected chi connectivity index (χ1v) is 10.5. The maximum atomic E-state index is 11.7. The third kappa shape index (κ3) is 15.5. The Kier molecular flexibility index (Phi) is 15.5. The average Bonchev–Trinajstić information content (AvgIpc) is 2.61. The fourth-order valence-electron chi connectivity index (χ4n) is 2.73. The molecule has 0 aliphatic heterocycles. The Morgan fingerprint density at radius 3 is 1.39 bits per heavy atom. The summed E-state index contributed by atoms with van der Waals surface area (Å²) in [6.45, 7) is 8.26. The predicted octanol–water partition coefficient (Wildman–Crippen LogP) is 3.10. The van der Waals surface area contributed by atoms with Crippen LogP contribution in [0.25, 0.3) is 0 Å². The summed E-state index contributed by atoms with van der Waals surface area (Å²) in [7, 11) is 0. The molecule has 0 heterocycles. The van der Waals surface area contributed by atoms with Crippen LogP contribution in [0, 0.1) is 0 Å². The van der Waals surface area contributed by atoms with Gasteiger partial charge < -0.3 is 30.3 Å². The Bertz CT molecular complexity index is 380. The minimum atomic E-state index is -0.491. The summed E-state index contributed by atoms with van der Waals surface area (Å²) in [6.07, 6.45) is 3.36. The second-order valence-corrected chi connectivity index (χ2v) is 7.31. The molecule has 0 fully saturated rings. The monoisotopic (exact) mass is 404 g/mol. The minimum absolute atomic E-state index is 0.265. The summed E-state index contributed by atoms with van der Waals surface area (Å²) in [5.74, 6) is 0. The number of nitrogens with one attached hydrogen (secondary N) is 2. The molecule has 0 rings (SSSR count). The minimum Gasteiger partial charge on any atom is -0.446 e. The lowest BCUT2D eigenvalue weighted by molar-refractivity contribution is 0.0564. The summed E-state index contributed by atoms with van der Waals surface area (Å²) < 4.78 is 10.5. The molecule has 0 aromatic rings. The first-order valence-electron chi connectivity index (χ1n) is 10.5. The molecule has 8 nitrogen and oxygen atoms in total. The number of unbranched alkanes of at least 4 members (excludes halogenated alkanes) is 3. The Hall–Kier alpha value is -1.54. The molecule has 0 aliphatic rings. The number of aliphatic hydroxyl groups is 2. The van der Waals surface area contributed by atoms with Crippen molar-refractivity contribution in [2.75, 3.05) is 13.1 Å². The number of amides is 2. The van der Waals surface area contributed by atoms with Gasteiger partial charge in [-0.2, -0.15) is 0 Å². The van der Waals surface area contributed by atoms with Gasteiger partial charge in [0.05, 0.1) is 12.2 Å². The highest BCUT2D eigenvalue weighted by Gasteiger charge is 2.15. The molecule has 4 unspecified atom stereocenters. The highest BCUT2D eigenvalue weighted by atomic mass is 16.6. The lowest BCUT2D eigenvalue weighted by Crippen LogP contribution is -2.31. The van der Waals surface area contributed by atoms with Crippen molar-refractivity contribution in [3.05, 3.63) is 0 Å². The van der Waals surface area contributed by atoms with Gasteiger partial charge in [-0.15, -0.1) is 0 Å². The van der Waals surface area contributed by atoms with Gasteiger partial charge in [0, 0.05) is 25.9 Å². The fraction of sp³-hybridized carbons (Fsp3) is 0.900. The number of hydrogen-bond donors (Lipinski definition) is 4. The van der Waals surface area contributed by atoms with E-state index >= 15 is 0 Å². The molecular formula is C20H40N2O6. The summed E-state index contributed by atoms with van der Waals surface area (Å²) >= 11 is 0. The van der Waals surface area contributed by atoms with Crippen LogP contribution < -0.4 is 10.6 Å². The smallest absolute Gasteiger partial charge is 0.407 e. The number of carbonyl (C=O) groups excluding carboxylic acids is 2. The molecule has 28 heavy (non-hydrogen) atoms. The standard InChI is InChI=1S/C20H40N2O6/c1-5-17(13-15(3)23)27-19(25)21-11-9-7-8-10-12-22-20(26)28-18(6-2)14-16(4)24/h15-18,23-24H,5-14H2,1-4H3,(H,21,25)(H,22,26). The van der Waals surface area contributed by atoms with Gasteiger partial charge in [-0.1, -0.05) is 26.7 Å². The van der Waals surface area contributed by atoms with Gasteiger partial charge in [0.1, 0.15) is 12.2 Å². The predicted molar refractivity (Wildman–Crippen MR) is 108 cm³/mol. The number of hydrogen-bond acceptors (Lipinski definition) is 6. The highest BCUT2D eigenvalue weighted by molar-refractivity contribution is 5.67. The van der Waals surface area contributed by atoms with Crippen LogP contribution in [0.1, 0.15) is 79.1 Å². The quantitative estimate of drug-likeness (QED) is 0.312. The van der Waals surface area contributed by atoms with E-state index < -0.39 is 24.4 Å². The van der Waals surface area contributed by atoms with Crippen molar-refractivity contribution < 1.29 is 29.3 Å². The molecule has 2 amide bonds. The van der Waals surface area contributed by atoms with E-state index in [1.807, 2.05) is 13.8 Å². The zero-order valence-corrected chi connectivity index (χ0v) is 17.9. The van der Waals surface area contributed by atoms with E-state index in [2.05, 4.69) is 10.6 Å². The normalized spacial score (nSPS) is 15.2. The van der Waals surface area contributed by atoms with Crippen molar-refractivity contribution in [2.24, 2.45) is 0 Å². The second kappa shape index (κ2) is 16.4. The van der Waals surface area contributed by atoms with E-state index in [1.165, 1.54) is 0 Å². The van der Waals surface area contributed by atoms with E-state index in [9.17, 15) is 19.8 Å². The third-order valence-corrected chi connectivity index (χ3v) is 4.31. The molecule has 4 N–H and O–H groups in total. The van der Waals surface area contributed by atoms with E-state index in [0.29, 0.717) is 38.8 Å². The Morgan fingerprint density at radius 1 is 0.750 bits per heavy atom. The van der Waals surface area contributed by atoms with Gasteiger partial charge in [0.25, 0.3) is 0 Å². The molecular weight excluding hydrogens is 364 g/mol. The number of ether oxygens (including phenoxy) is 2. The molecule has 0 aromatic carbocycles. The molecule has 0 spiro atoms. The van der Waals surface area contributed by atoms with Crippen LogP contribution in [0.5, 0.6) is 0 Å². The Morgan fingerprint density at radius 2 is 1.11 bits per heavy atom. The van der Waals surface area contributed by atoms with Crippen LogP contribution in [0.2, 0.25) is 0 Å². The summed E-state index contributed by atoms with van der Waals surface area (Å²) in [5.41, 5.74) is 0. The SMILES string of the molecule is CCC(CC(C)O)OC(=O)NCCCCCCNC(=O)OC(CC)CC(C)O. The fourth-order valence-corrected chi connectivity index (χ4v) is 2.73. The molecule has 0 radical (unpaired) electrons. The molecule has 166 valence electrons. The van der Waals surface area contributed by atoms with Gasteiger partial charge in [0.2, 0.25) is 0 Å². The van der Waals surface area contributed by atoms with Crippen molar-refractivity contribution >= 4 is 12.2 Å². The van der Waals surface area contributed by atoms with Crippen LogP contribution >= 0.6 is 0 Å². The van der Waals surface area contributed by atoms with Gasteiger partial charge in [-0.3, -0.25) is 0 Å². The van der Waals surface area contributed by atoms with Crippen LogP contribution in [-0.2, 0) is 9.47 Å². The van der Waals surface area contributed by atoms with Gasteiger partial charge in [-0.05, 0) is 39.5 Å². The average molecular weight is 405 g/mol. The van der Waals surface area contributed by atoms with Gasteiger partial charge >= 0.3 is 12.2 Å². The molecule has 0 aromatic heterocycles. The highest BCUT2D eigenvalue weighted by Crippen LogP contribution is 2.08. The molecule has 0 saturated carbocycles. The van der Waals surface area contributed by atoms with Crippen molar-refractivity contribution in [3.63, 3.8) is 0 Å². The van der Waals surface area contributed by atoms with E-state index in [1.54, 1.807) is 13.8 Å². The summed E-state index contributed by atoms with van der Waals surface area (Å²) in [6, 6.07) is 0. The lowest BCUT2D eigenvalue weighted by Gasteiger charge is -2.18. The molecule has 8 heteroatoms. The number of carbonyl (C=O) groups is 2. The Labute approximate surface area is 169 Å². The van der Waals surface area contributed by atoms with Gasteiger partial charge in [0.15, 0.2) is 0 Å². The van der Waals surface area contributed by atoms with E-state index in [-0.39, 0.29) is 12.2 Å². The maximum Gasteiger partial charge on any atom is 0.407 e. The zero-order chi connectivity index (χ0) is 21.4. The van der Waals surface area contributed by atoms with Crippen LogP contribution in [0.15, 0.2) is 0 Å². The number of rotatable bonds is 15. The first-order chi connectivity index (χ1) is 13.3. The second-order valence-electron chi connectivity index (χ2n) is 7.31. The lowest BCUT2D eigenvalue weighted by atomic mass is 10.1. The van der Waals surface area contributed by atoms with Crippen LogP contribution in [0.4, 0.5) is 9.59 Å². The van der Waals surface area contributed by atoms with E-state index in [0.717, 1.165) is 25.7 Å². The molecule has 4 atom stereocenters. The number of alkyl carbamates (subject to hydrolysis) is 2.